The summed E-state index contributed by atoms with van der Waals surface area (Å²) in [5.41, 5.74) is 13.8. The van der Waals surface area contributed by atoms with Gasteiger partial charge in [-0.2, -0.15) is 5.01 Å². The van der Waals surface area contributed by atoms with E-state index >= 15 is 0 Å². The van der Waals surface area contributed by atoms with Gasteiger partial charge in [0, 0.05) is 32.5 Å². The second-order valence-electron chi connectivity index (χ2n) is 17.2. The molecule has 0 bridgehead atoms. The van der Waals surface area contributed by atoms with Gasteiger partial charge in [0.05, 0.1) is 17.1 Å². The van der Waals surface area contributed by atoms with Crippen molar-refractivity contribution in [3.05, 3.63) is 148 Å². The van der Waals surface area contributed by atoms with Crippen LogP contribution >= 0.6 is 22.7 Å². The maximum Gasteiger partial charge on any atom is 0.434 e. The van der Waals surface area contributed by atoms with Gasteiger partial charge in [-0.15, -0.1) is 22.7 Å². The maximum absolute atomic E-state index is 13.1. The van der Waals surface area contributed by atoms with Crippen LogP contribution in [0.1, 0.15) is 97.1 Å². The monoisotopic (exact) mass is 912 g/mol. The quantitative estimate of drug-likeness (QED) is 0.0567. The first-order valence-electron chi connectivity index (χ1n) is 21.5. The second kappa shape index (κ2) is 21.8. The van der Waals surface area contributed by atoms with E-state index in [1.54, 1.807) is 67.7 Å². The van der Waals surface area contributed by atoms with E-state index in [-0.39, 0.29) is 23.9 Å². The predicted molar refractivity (Wildman–Crippen MR) is 262 cm³/mol. The summed E-state index contributed by atoms with van der Waals surface area (Å²) in [5, 5.41) is 11.1. The number of benzene rings is 4. The summed E-state index contributed by atoms with van der Waals surface area (Å²) in [5.74, 6) is -0.0518. The molecule has 4 aromatic carbocycles. The number of nitrogens with zero attached hydrogens (tertiary/aromatic N) is 2. The summed E-state index contributed by atoms with van der Waals surface area (Å²) >= 11 is 3.25. The number of rotatable bonds is 11. The van der Waals surface area contributed by atoms with E-state index in [2.05, 4.69) is 27.9 Å². The Balaban J connectivity index is 0.000000218. The molecule has 338 valence electrons. The Bertz CT molecular complexity index is 2530. The number of hydrogen-bond donors (Lipinski definition) is 4. The van der Waals surface area contributed by atoms with E-state index in [9.17, 15) is 24.0 Å². The molecule has 1 atom stereocenters. The first-order valence-corrected chi connectivity index (χ1v) is 23.3. The zero-order valence-corrected chi connectivity index (χ0v) is 39.1. The highest BCUT2D eigenvalue weighted by Crippen LogP contribution is 2.32. The molecule has 0 spiro atoms. The van der Waals surface area contributed by atoms with Crippen molar-refractivity contribution in [3.8, 4) is 20.9 Å². The Kier molecular flexibility index (Phi) is 16.1. The van der Waals surface area contributed by atoms with Crippen molar-refractivity contribution in [3.63, 3.8) is 0 Å². The summed E-state index contributed by atoms with van der Waals surface area (Å²) in [6.07, 6.45) is 2.16. The lowest BCUT2D eigenvalue weighted by Crippen LogP contribution is -2.48. The van der Waals surface area contributed by atoms with Crippen LogP contribution in [0.3, 0.4) is 0 Å². The number of ether oxygens (including phenoxy) is 1. The van der Waals surface area contributed by atoms with Crippen molar-refractivity contribution in [1.29, 1.82) is 0 Å². The number of hydrogen-bond acceptors (Lipinski definition) is 10. The molecule has 65 heavy (non-hydrogen) atoms. The third kappa shape index (κ3) is 13.2. The minimum atomic E-state index is -0.734. The van der Waals surface area contributed by atoms with Gasteiger partial charge >= 0.3 is 6.09 Å². The molecule has 2 aromatic heterocycles. The fourth-order valence-electron chi connectivity index (χ4n) is 7.07. The van der Waals surface area contributed by atoms with E-state index in [1.807, 2.05) is 91.3 Å². The number of thiophene rings is 2. The van der Waals surface area contributed by atoms with Gasteiger partial charge < -0.3 is 21.1 Å². The number of likely N-dealkylation sites (tertiary alicyclic amines) is 1. The largest absolute Gasteiger partial charge is 0.442 e. The Hall–Kier alpha value is -6.61. The summed E-state index contributed by atoms with van der Waals surface area (Å²) in [4.78, 5) is 66.9. The number of carbonyl (C=O) groups is 5. The van der Waals surface area contributed by atoms with Crippen LogP contribution in [0.4, 0.5) is 21.9 Å². The van der Waals surface area contributed by atoms with Gasteiger partial charge in [0.2, 0.25) is 5.91 Å². The summed E-state index contributed by atoms with van der Waals surface area (Å²) in [6.45, 7) is 13.2. The van der Waals surface area contributed by atoms with Gasteiger partial charge in [0.1, 0.15) is 17.9 Å². The standard InChI is InChI=1S/C28H34N4O2S.C23H22N2O4S/c1-18(2)30-28(34)26(32-14-12-19(3)13-15-32)20-6-8-21(9-7-20)27(33)31-24-17-22(10-11-23(24)29)25-5-4-16-35-25;1-23(2,3)29-22(28)25(24-21(27)18-8-6-16(15-26)7-9-18)19-12-10-17(11-13-19)20-5-4-14-30-20/h4-11,16-19,26H,12-15,29H2,1-3H3,(H,30,34)(H,31,33);4-15H,1-3H3,(H,24,27). The highest BCUT2D eigenvalue weighted by atomic mass is 32.1. The molecule has 4 amide bonds. The Morgan fingerprint density at radius 3 is 1.91 bits per heavy atom. The zero-order valence-electron chi connectivity index (χ0n) is 37.5. The molecule has 3 heterocycles. The van der Waals surface area contributed by atoms with Crippen molar-refractivity contribution < 1.29 is 28.7 Å². The number of hydrazine groups is 1. The Morgan fingerprint density at radius 1 is 0.785 bits per heavy atom. The summed E-state index contributed by atoms with van der Waals surface area (Å²) in [7, 11) is 0. The third-order valence-corrected chi connectivity index (χ3v) is 12.3. The molecule has 0 aliphatic carbocycles. The molecule has 0 saturated carbocycles. The Morgan fingerprint density at radius 2 is 1.35 bits per heavy atom. The molecule has 1 saturated heterocycles. The summed E-state index contributed by atoms with van der Waals surface area (Å²) < 4.78 is 5.46. The minimum absolute atomic E-state index is 0.00456. The van der Waals surface area contributed by atoms with Crippen LogP contribution in [0.15, 0.2) is 126 Å². The average molecular weight is 913 g/mol. The van der Waals surface area contributed by atoms with Crippen molar-refractivity contribution in [1.82, 2.24) is 15.6 Å². The molecule has 1 unspecified atom stereocenters. The molecule has 0 radical (unpaired) electrons. The number of carbonyl (C=O) groups excluding carboxylic acids is 5. The van der Waals surface area contributed by atoms with E-state index in [1.165, 1.54) is 24.3 Å². The van der Waals surface area contributed by atoms with Crippen molar-refractivity contribution in [2.45, 2.75) is 72.1 Å². The van der Waals surface area contributed by atoms with Crippen LogP contribution < -0.4 is 26.8 Å². The van der Waals surface area contributed by atoms with Crippen LogP contribution in [0.5, 0.6) is 0 Å². The molecule has 5 N–H and O–H groups in total. The fraction of sp³-hybridized carbons (Fsp3) is 0.275. The molecule has 1 fully saturated rings. The van der Waals surface area contributed by atoms with Gasteiger partial charge in [0.25, 0.3) is 11.8 Å². The Labute approximate surface area is 388 Å². The molecular weight excluding hydrogens is 857 g/mol. The number of nitrogens with two attached hydrogens (primary N) is 1. The van der Waals surface area contributed by atoms with E-state index in [4.69, 9.17) is 10.5 Å². The van der Waals surface area contributed by atoms with Crippen LogP contribution in [0.2, 0.25) is 0 Å². The molecule has 7 rings (SSSR count). The van der Waals surface area contributed by atoms with Gasteiger partial charge in [-0.25, -0.2) is 4.79 Å². The topological polar surface area (TPSA) is 163 Å². The number of nitrogen functional groups attached to an aromatic ring is 1. The molecule has 14 heteroatoms. The maximum atomic E-state index is 13.1. The SMILES string of the molecule is CC(C)(C)OC(=O)N(NC(=O)c1ccc(C=O)cc1)c1ccc(-c2cccs2)cc1.CC1CCN(C(C(=O)NC(C)C)c2ccc(C(=O)Nc3cc(-c4cccs4)ccc3N)cc2)CC1. The van der Waals surface area contributed by atoms with Crippen molar-refractivity contribution >= 4 is 69.8 Å². The van der Waals surface area contributed by atoms with Gasteiger partial charge in [0.15, 0.2) is 0 Å². The van der Waals surface area contributed by atoms with Crippen LogP contribution in [0, 0.1) is 5.92 Å². The normalized spacial score (nSPS) is 13.5. The summed E-state index contributed by atoms with van der Waals surface area (Å²) in [6, 6.07) is 34.1. The number of anilines is 3. The highest BCUT2D eigenvalue weighted by Gasteiger charge is 2.31. The second-order valence-corrected chi connectivity index (χ2v) is 19.1. The molecule has 12 nitrogen and oxygen atoms in total. The van der Waals surface area contributed by atoms with E-state index in [0.29, 0.717) is 46.0 Å². The molecule has 6 aromatic rings. The van der Waals surface area contributed by atoms with Crippen LogP contribution in [-0.4, -0.2) is 59.7 Å². The minimum Gasteiger partial charge on any atom is -0.442 e. The number of aldehydes is 1. The zero-order chi connectivity index (χ0) is 46.7. The predicted octanol–water partition coefficient (Wildman–Crippen LogP) is 10.9. The number of nitrogens with one attached hydrogen (secondary N) is 3. The van der Waals surface area contributed by atoms with Crippen molar-refractivity contribution in [2.24, 2.45) is 5.92 Å². The van der Waals surface area contributed by atoms with E-state index in [0.717, 1.165) is 57.4 Å². The van der Waals surface area contributed by atoms with Gasteiger partial charge in [-0.1, -0.05) is 61.5 Å². The van der Waals surface area contributed by atoms with Gasteiger partial charge in [-0.3, -0.25) is 29.5 Å². The number of amides is 4. The lowest BCUT2D eigenvalue weighted by Gasteiger charge is -2.36. The van der Waals surface area contributed by atoms with Crippen LogP contribution in [0.25, 0.3) is 20.9 Å². The molecule has 1 aliphatic rings. The van der Waals surface area contributed by atoms with Crippen molar-refractivity contribution in [2.75, 3.05) is 29.1 Å². The highest BCUT2D eigenvalue weighted by molar-refractivity contribution is 7.13. The van der Waals surface area contributed by atoms with E-state index < -0.39 is 17.6 Å². The number of piperidine rings is 1. The van der Waals surface area contributed by atoms with Crippen LogP contribution in [-0.2, 0) is 9.53 Å². The molecular formula is C51H56N6O6S2. The smallest absolute Gasteiger partial charge is 0.434 e. The first kappa shape index (κ1) is 47.9. The third-order valence-electron chi connectivity index (χ3n) is 10.5. The lowest BCUT2D eigenvalue weighted by atomic mass is 9.95. The fourth-order valence-corrected chi connectivity index (χ4v) is 8.53. The lowest BCUT2D eigenvalue weighted by molar-refractivity contribution is -0.127. The average Bonchev–Trinajstić information content (AvgIpc) is 4.03. The first-order chi connectivity index (χ1) is 31.1. The molecule has 1 aliphatic heterocycles. The van der Waals surface area contributed by atoms with Gasteiger partial charge in [-0.05, 0) is 155 Å².